The van der Waals surface area contributed by atoms with Gasteiger partial charge in [-0.15, -0.1) is 11.3 Å². The van der Waals surface area contributed by atoms with Crippen molar-refractivity contribution in [1.82, 2.24) is 0 Å². The molecule has 2 aromatic rings. The van der Waals surface area contributed by atoms with Crippen LogP contribution in [0.15, 0.2) is 29.2 Å². The molecule has 1 heterocycles. The standard InChI is InChI=1S/C13H13NO5S2/c1-7-5-12(8(2)20-7)21(18,19)14-9-3-4-11(15)10(6-9)13(16)17/h3-6,14-15H,1-2H3,(H,16,17). The first-order valence-corrected chi connectivity index (χ1v) is 8.17. The number of thiophene rings is 1. The Morgan fingerprint density at radius 1 is 1.24 bits per heavy atom. The second kappa shape index (κ2) is 5.38. The van der Waals surface area contributed by atoms with Gasteiger partial charge in [-0.05, 0) is 38.1 Å². The molecule has 21 heavy (non-hydrogen) atoms. The Kier molecular flexibility index (Phi) is 3.93. The molecule has 0 fully saturated rings. The lowest BCUT2D eigenvalue weighted by Gasteiger charge is -2.09. The number of phenols is 1. The van der Waals surface area contributed by atoms with Gasteiger partial charge in [0.05, 0.1) is 0 Å². The monoisotopic (exact) mass is 327 g/mol. The third-order valence-corrected chi connectivity index (χ3v) is 5.37. The minimum absolute atomic E-state index is 0.0773. The molecular formula is C13H13NO5S2. The van der Waals surface area contributed by atoms with Gasteiger partial charge in [-0.2, -0.15) is 0 Å². The van der Waals surface area contributed by atoms with E-state index in [1.165, 1.54) is 17.4 Å². The van der Waals surface area contributed by atoms with E-state index < -0.39 is 21.7 Å². The predicted octanol–water partition coefficient (Wildman–Crippen LogP) is 2.57. The summed E-state index contributed by atoms with van der Waals surface area (Å²) in [5.74, 6) is -1.76. The van der Waals surface area contributed by atoms with Crippen molar-refractivity contribution in [1.29, 1.82) is 0 Å². The van der Waals surface area contributed by atoms with Gasteiger partial charge in [0.25, 0.3) is 10.0 Å². The van der Waals surface area contributed by atoms with Crippen molar-refractivity contribution in [2.45, 2.75) is 18.7 Å². The molecule has 0 radical (unpaired) electrons. The highest BCUT2D eigenvalue weighted by Gasteiger charge is 2.20. The van der Waals surface area contributed by atoms with Crippen molar-refractivity contribution in [3.8, 4) is 5.75 Å². The second-order valence-corrected chi connectivity index (χ2v) is 7.53. The summed E-state index contributed by atoms with van der Waals surface area (Å²) in [6, 6.07) is 5.06. The fourth-order valence-electron chi connectivity index (χ4n) is 1.86. The Morgan fingerprint density at radius 3 is 2.43 bits per heavy atom. The van der Waals surface area contributed by atoms with Crippen LogP contribution in [0.25, 0.3) is 0 Å². The van der Waals surface area contributed by atoms with Gasteiger partial charge in [-0.3, -0.25) is 4.72 Å². The number of aromatic carboxylic acids is 1. The van der Waals surface area contributed by atoms with Gasteiger partial charge in [0, 0.05) is 15.4 Å². The lowest BCUT2D eigenvalue weighted by Crippen LogP contribution is -2.13. The van der Waals surface area contributed by atoms with Gasteiger partial charge < -0.3 is 10.2 Å². The van der Waals surface area contributed by atoms with E-state index in [4.69, 9.17) is 5.11 Å². The van der Waals surface area contributed by atoms with E-state index in [-0.39, 0.29) is 16.1 Å². The molecule has 112 valence electrons. The predicted molar refractivity (Wildman–Crippen MR) is 79.7 cm³/mol. The lowest BCUT2D eigenvalue weighted by molar-refractivity contribution is 0.0694. The van der Waals surface area contributed by atoms with Gasteiger partial charge in [-0.25, -0.2) is 13.2 Å². The van der Waals surface area contributed by atoms with Gasteiger partial charge in [0.2, 0.25) is 0 Å². The SMILES string of the molecule is Cc1cc(S(=O)(=O)Nc2ccc(O)c(C(=O)O)c2)c(C)s1. The topological polar surface area (TPSA) is 104 Å². The number of anilines is 1. The van der Waals surface area contributed by atoms with Crippen LogP contribution in [0.1, 0.15) is 20.1 Å². The number of carboxylic acids is 1. The van der Waals surface area contributed by atoms with E-state index in [9.17, 15) is 18.3 Å². The van der Waals surface area contributed by atoms with Gasteiger partial charge in [0.1, 0.15) is 16.2 Å². The van der Waals surface area contributed by atoms with Crippen molar-refractivity contribution >= 4 is 33.0 Å². The molecule has 1 aromatic heterocycles. The van der Waals surface area contributed by atoms with E-state index in [2.05, 4.69) is 4.72 Å². The summed E-state index contributed by atoms with van der Waals surface area (Å²) in [5, 5.41) is 18.3. The average Bonchev–Trinajstić information content (AvgIpc) is 2.71. The van der Waals surface area contributed by atoms with Gasteiger partial charge >= 0.3 is 5.97 Å². The number of aryl methyl sites for hydroxylation is 2. The number of rotatable bonds is 4. The number of carbonyl (C=O) groups is 1. The number of aromatic hydroxyl groups is 1. The van der Waals surface area contributed by atoms with Crippen molar-refractivity contribution in [2.24, 2.45) is 0 Å². The van der Waals surface area contributed by atoms with Crippen molar-refractivity contribution < 1.29 is 23.4 Å². The van der Waals surface area contributed by atoms with Gasteiger partial charge in [-0.1, -0.05) is 0 Å². The zero-order valence-corrected chi connectivity index (χ0v) is 12.9. The van der Waals surface area contributed by atoms with Crippen LogP contribution in [-0.4, -0.2) is 24.6 Å². The van der Waals surface area contributed by atoms with E-state index in [1.54, 1.807) is 19.9 Å². The van der Waals surface area contributed by atoms with Crippen molar-refractivity contribution in [2.75, 3.05) is 4.72 Å². The maximum absolute atomic E-state index is 12.3. The zero-order chi connectivity index (χ0) is 15.8. The first-order valence-electron chi connectivity index (χ1n) is 5.87. The number of sulfonamides is 1. The first-order chi connectivity index (χ1) is 9.70. The highest BCUT2D eigenvalue weighted by molar-refractivity contribution is 7.93. The molecule has 2 rings (SSSR count). The highest BCUT2D eigenvalue weighted by atomic mass is 32.2. The summed E-state index contributed by atoms with van der Waals surface area (Å²) < 4.78 is 26.9. The summed E-state index contributed by atoms with van der Waals surface area (Å²) in [5.41, 5.74) is -0.290. The molecule has 6 nitrogen and oxygen atoms in total. The first kappa shape index (κ1) is 15.3. The summed E-state index contributed by atoms with van der Waals surface area (Å²) >= 11 is 1.36. The number of hydrogen-bond donors (Lipinski definition) is 3. The number of nitrogens with one attached hydrogen (secondary N) is 1. The van der Waals surface area contributed by atoms with E-state index in [0.29, 0.717) is 4.88 Å². The number of carboxylic acid groups (broad SMARTS) is 1. The normalized spacial score (nSPS) is 11.3. The minimum Gasteiger partial charge on any atom is -0.507 e. The molecule has 8 heteroatoms. The molecule has 0 aliphatic rings. The van der Waals surface area contributed by atoms with Crippen LogP contribution < -0.4 is 4.72 Å². The summed E-state index contributed by atoms with van der Waals surface area (Å²) in [6.07, 6.45) is 0. The third kappa shape index (κ3) is 3.17. The third-order valence-electron chi connectivity index (χ3n) is 2.76. The summed E-state index contributed by atoms with van der Waals surface area (Å²) in [6.45, 7) is 3.51. The smallest absolute Gasteiger partial charge is 0.339 e. The molecule has 0 aliphatic carbocycles. The fraction of sp³-hybridized carbons (Fsp3) is 0.154. The molecule has 0 aliphatic heterocycles. The van der Waals surface area contributed by atoms with Crippen LogP contribution in [0.2, 0.25) is 0 Å². The van der Waals surface area contributed by atoms with Crippen molar-refractivity contribution in [3.05, 3.63) is 39.6 Å². The summed E-state index contributed by atoms with van der Waals surface area (Å²) in [4.78, 5) is 12.6. The highest BCUT2D eigenvalue weighted by Crippen LogP contribution is 2.28. The van der Waals surface area contributed by atoms with Crippen LogP contribution in [-0.2, 0) is 10.0 Å². The van der Waals surface area contributed by atoms with Crippen LogP contribution in [0.3, 0.4) is 0 Å². The lowest BCUT2D eigenvalue weighted by atomic mass is 10.2. The molecule has 0 saturated heterocycles. The van der Waals surface area contributed by atoms with Crippen LogP contribution >= 0.6 is 11.3 Å². The Bertz CT molecular complexity index is 808. The average molecular weight is 327 g/mol. The quantitative estimate of drug-likeness (QED) is 0.749. The minimum atomic E-state index is -3.79. The van der Waals surface area contributed by atoms with E-state index >= 15 is 0 Å². The zero-order valence-electron chi connectivity index (χ0n) is 11.2. The van der Waals surface area contributed by atoms with Crippen LogP contribution in [0.4, 0.5) is 5.69 Å². The molecule has 0 spiro atoms. The molecule has 0 bridgehead atoms. The molecule has 1 aromatic carbocycles. The molecule has 0 amide bonds. The van der Waals surface area contributed by atoms with E-state index in [1.807, 2.05) is 0 Å². The molecule has 3 N–H and O–H groups in total. The Morgan fingerprint density at radius 2 is 1.90 bits per heavy atom. The Labute approximate surface area is 125 Å². The van der Waals surface area contributed by atoms with Gasteiger partial charge in [0.15, 0.2) is 0 Å². The molecule has 0 saturated carbocycles. The molecule has 0 unspecified atom stereocenters. The second-order valence-electron chi connectivity index (χ2n) is 4.42. The number of benzene rings is 1. The molecular weight excluding hydrogens is 314 g/mol. The summed E-state index contributed by atoms with van der Waals surface area (Å²) in [7, 11) is -3.79. The van der Waals surface area contributed by atoms with E-state index in [0.717, 1.165) is 17.0 Å². The molecule has 0 atom stereocenters. The largest absolute Gasteiger partial charge is 0.507 e. The Balaban J connectivity index is 2.40. The van der Waals surface area contributed by atoms with Crippen LogP contribution in [0, 0.1) is 13.8 Å². The Hall–Kier alpha value is -2.06. The van der Waals surface area contributed by atoms with Crippen LogP contribution in [0.5, 0.6) is 5.75 Å². The maximum atomic E-state index is 12.3. The maximum Gasteiger partial charge on any atom is 0.339 e. The number of hydrogen-bond acceptors (Lipinski definition) is 5. The van der Waals surface area contributed by atoms with Crippen molar-refractivity contribution in [3.63, 3.8) is 0 Å². The fourth-order valence-corrected chi connectivity index (χ4v) is 4.46.